The summed E-state index contributed by atoms with van der Waals surface area (Å²) < 4.78 is 33.3. The number of aromatic amines is 1. The van der Waals surface area contributed by atoms with Gasteiger partial charge < -0.3 is 15.0 Å². The van der Waals surface area contributed by atoms with Crippen molar-refractivity contribution in [2.75, 3.05) is 31.5 Å². The number of H-pyrrole nitrogens is 1. The topological polar surface area (TPSA) is 121 Å². The second-order valence-electron chi connectivity index (χ2n) is 10.7. The maximum absolute atomic E-state index is 13.1. The molecule has 5 rings (SSSR count). The van der Waals surface area contributed by atoms with E-state index in [1.165, 1.54) is 36.4 Å². The van der Waals surface area contributed by atoms with Gasteiger partial charge in [-0.25, -0.2) is 18.2 Å². The molecule has 1 aliphatic carbocycles. The summed E-state index contributed by atoms with van der Waals surface area (Å²) in [6, 6.07) is 6.19. The number of hydrogen-bond donors (Lipinski definition) is 2. The fourth-order valence-corrected chi connectivity index (χ4v) is 7.38. The highest BCUT2D eigenvalue weighted by Gasteiger charge is 2.32. The number of sulfonamides is 1. The van der Waals surface area contributed by atoms with Crippen LogP contribution in [0.25, 0.3) is 0 Å². The Bertz CT molecular complexity index is 1170. The van der Waals surface area contributed by atoms with Crippen molar-refractivity contribution in [3.8, 4) is 0 Å². The number of ether oxygens (including phenoxy) is 1. The summed E-state index contributed by atoms with van der Waals surface area (Å²) in [6.07, 6.45) is 7.66. The Morgan fingerprint density at radius 2 is 1.65 bits per heavy atom. The first-order chi connectivity index (χ1) is 17.8. The second kappa shape index (κ2) is 11.1. The number of anilines is 1. The van der Waals surface area contributed by atoms with Crippen LogP contribution in [-0.2, 0) is 14.8 Å². The van der Waals surface area contributed by atoms with Crippen molar-refractivity contribution in [3.63, 3.8) is 0 Å². The van der Waals surface area contributed by atoms with Gasteiger partial charge in [0.05, 0.1) is 17.1 Å². The van der Waals surface area contributed by atoms with E-state index >= 15 is 0 Å². The number of hydrogen-bond acceptors (Lipinski definition) is 6. The van der Waals surface area contributed by atoms with E-state index in [9.17, 15) is 13.2 Å². The van der Waals surface area contributed by atoms with Crippen molar-refractivity contribution in [1.82, 2.24) is 24.4 Å². The number of rotatable bonds is 5. The van der Waals surface area contributed by atoms with Gasteiger partial charge in [-0.15, -0.1) is 0 Å². The lowest BCUT2D eigenvalue weighted by atomic mass is 9.89. The number of urea groups is 1. The van der Waals surface area contributed by atoms with Crippen LogP contribution in [0.4, 0.5) is 10.5 Å². The zero-order valence-electron chi connectivity index (χ0n) is 21.7. The smallest absolute Gasteiger partial charge is 0.321 e. The summed E-state index contributed by atoms with van der Waals surface area (Å²) >= 11 is 0. The molecule has 3 aliphatic rings. The summed E-state index contributed by atoms with van der Waals surface area (Å²) in [7, 11) is -3.62. The highest BCUT2D eigenvalue weighted by Crippen LogP contribution is 2.32. The number of benzene rings is 1. The summed E-state index contributed by atoms with van der Waals surface area (Å²) in [5, 5.41) is 10.6. The number of nitrogens with one attached hydrogen (secondary N) is 2. The number of nitrogens with zero attached hydrogens (tertiary/aromatic N) is 4. The van der Waals surface area contributed by atoms with Gasteiger partial charge in [0.15, 0.2) is 5.82 Å². The second-order valence-corrected chi connectivity index (χ2v) is 12.7. The number of morpholine rings is 1. The standard InChI is InChI=1S/C26H38N6O4S/c1-18-15-32(16-19(2)36-18)37(34,35)23-12-10-22(11-13-23)27-26(33)31-14-6-9-21(17-31)25-28-24(29-30-25)20-7-4-3-5-8-20/h10-13,18-21H,3-9,14-17H2,1-2H3,(H,27,33)(H,28,29,30). The van der Waals surface area contributed by atoms with Gasteiger partial charge in [0, 0.05) is 43.7 Å². The van der Waals surface area contributed by atoms with Crippen molar-refractivity contribution < 1.29 is 17.9 Å². The molecule has 10 nitrogen and oxygen atoms in total. The van der Waals surface area contributed by atoms with Crippen LogP contribution in [0.15, 0.2) is 29.2 Å². The van der Waals surface area contributed by atoms with Crippen LogP contribution in [0.2, 0.25) is 0 Å². The highest BCUT2D eigenvalue weighted by atomic mass is 32.2. The third-order valence-corrected chi connectivity index (χ3v) is 9.56. The van der Waals surface area contributed by atoms with Gasteiger partial charge in [-0.1, -0.05) is 19.3 Å². The van der Waals surface area contributed by atoms with E-state index in [4.69, 9.17) is 9.72 Å². The quantitative estimate of drug-likeness (QED) is 0.601. The van der Waals surface area contributed by atoms with Gasteiger partial charge in [0.25, 0.3) is 0 Å². The number of piperidine rings is 1. The Kier molecular flexibility index (Phi) is 7.83. The van der Waals surface area contributed by atoms with Gasteiger partial charge in [0.2, 0.25) is 10.0 Å². The molecule has 1 saturated carbocycles. The van der Waals surface area contributed by atoms with Gasteiger partial charge in [-0.2, -0.15) is 9.40 Å². The summed E-state index contributed by atoms with van der Waals surface area (Å²) in [4.78, 5) is 19.9. The molecule has 3 heterocycles. The molecule has 3 unspecified atom stereocenters. The molecule has 0 bridgehead atoms. The lowest BCUT2D eigenvalue weighted by Crippen LogP contribution is -2.48. The molecule has 3 atom stereocenters. The lowest BCUT2D eigenvalue weighted by molar-refractivity contribution is -0.0440. The van der Waals surface area contributed by atoms with E-state index in [0.717, 1.165) is 24.5 Å². The molecule has 11 heteroatoms. The normalized spacial score (nSPS) is 26.2. The van der Waals surface area contributed by atoms with Gasteiger partial charge in [-0.3, -0.25) is 5.10 Å². The number of aromatic nitrogens is 3. The van der Waals surface area contributed by atoms with Crippen LogP contribution in [0, 0.1) is 0 Å². The first-order valence-electron chi connectivity index (χ1n) is 13.5. The van der Waals surface area contributed by atoms with Crippen molar-refractivity contribution in [2.24, 2.45) is 0 Å². The lowest BCUT2D eigenvalue weighted by Gasteiger charge is -2.34. The molecule has 1 aromatic carbocycles. The van der Waals surface area contributed by atoms with Crippen LogP contribution < -0.4 is 5.32 Å². The largest absolute Gasteiger partial charge is 0.373 e. The van der Waals surface area contributed by atoms with E-state index in [1.807, 2.05) is 13.8 Å². The monoisotopic (exact) mass is 530 g/mol. The Morgan fingerprint density at radius 3 is 2.35 bits per heavy atom. The van der Waals surface area contributed by atoms with Crippen LogP contribution in [0.5, 0.6) is 0 Å². The zero-order valence-corrected chi connectivity index (χ0v) is 22.5. The number of carbonyl (C=O) groups is 1. The summed E-state index contributed by atoms with van der Waals surface area (Å²) in [5.74, 6) is 2.38. The van der Waals surface area contributed by atoms with Crippen molar-refractivity contribution >= 4 is 21.7 Å². The van der Waals surface area contributed by atoms with Gasteiger partial charge in [0.1, 0.15) is 5.82 Å². The molecule has 2 aromatic rings. The van der Waals surface area contributed by atoms with Crippen molar-refractivity contribution in [2.45, 2.75) is 87.7 Å². The number of carbonyl (C=O) groups excluding carboxylic acids is 1. The predicted molar refractivity (Wildman–Crippen MR) is 140 cm³/mol. The third-order valence-electron chi connectivity index (χ3n) is 7.72. The number of likely N-dealkylation sites (tertiary alicyclic amines) is 1. The molecule has 0 spiro atoms. The van der Waals surface area contributed by atoms with Gasteiger partial charge >= 0.3 is 6.03 Å². The van der Waals surface area contributed by atoms with E-state index in [0.29, 0.717) is 37.8 Å². The van der Waals surface area contributed by atoms with Crippen molar-refractivity contribution in [1.29, 1.82) is 0 Å². The minimum atomic E-state index is -3.62. The van der Waals surface area contributed by atoms with Crippen molar-refractivity contribution in [3.05, 3.63) is 35.9 Å². The molecule has 3 fully saturated rings. The molecule has 2 N–H and O–H groups in total. The average molecular weight is 531 g/mol. The Balaban J connectivity index is 1.19. The van der Waals surface area contributed by atoms with Crippen LogP contribution in [0.1, 0.15) is 82.3 Å². The molecule has 0 radical (unpaired) electrons. The highest BCUT2D eigenvalue weighted by molar-refractivity contribution is 7.89. The molecule has 1 aromatic heterocycles. The Labute approximate surface area is 219 Å². The fraction of sp³-hybridized carbons (Fsp3) is 0.654. The minimum Gasteiger partial charge on any atom is -0.373 e. The van der Waals surface area contributed by atoms with Gasteiger partial charge in [-0.05, 0) is 63.8 Å². The average Bonchev–Trinajstić information content (AvgIpc) is 3.40. The maximum Gasteiger partial charge on any atom is 0.321 e. The molecule has 2 amide bonds. The first kappa shape index (κ1) is 26.1. The van der Waals surface area contributed by atoms with E-state index in [-0.39, 0.29) is 29.1 Å². The molecule has 2 saturated heterocycles. The molecule has 202 valence electrons. The molecular weight excluding hydrogens is 492 g/mol. The summed E-state index contributed by atoms with van der Waals surface area (Å²) in [6.45, 7) is 5.64. The van der Waals surface area contributed by atoms with Crippen LogP contribution >= 0.6 is 0 Å². The third kappa shape index (κ3) is 5.99. The van der Waals surface area contributed by atoms with Crippen LogP contribution in [0.3, 0.4) is 0 Å². The maximum atomic E-state index is 13.1. The number of amides is 2. The molecule has 2 aliphatic heterocycles. The Morgan fingerprint density at radius 1 is 0.973 bits per heavy atom. The molecule has 37 heavy (non-hydrogen) atoms. The SMILES string of the molecule is CC1CN(S(=O)(=O)c2ccc(NC(=O)N3CCCC(c4n[nH]c(C5CCCCC5)n4)C3)cc2)CC(C)O1. The van der Waals surface area contributed by atoms with Crippen LogP contribution in [-0.4, -0.2) is 77.2 Å². The minimum absolute atomic E-state index is 0.110. The Hall–Kier alpha value is -2.50. The zero-order chi connectivity index (χ0) is 26.0. The molecular formula is C26H38N6O4S. The summed E-state index contributed by atoms with van der Waals surface area (Å²) in [5.41, 5.74) is 0.562. The predicted octanol–water partition coefficient (Wildman–Crippen LogP) is 4.06. The fourth-order valence-electron chi connectivity index (χ4n) is 5.79. The van der Waals surface area contributed by atoms with E-state index in [1.54, 1.807) is 29.2 Å². The first-order valence-corrected chi connectivity index (χ1v) is 15.0. The van der Waals surface area contributed by atoms with E-state index < -0.39 is 10.0 Å². The van der Waals surface area contributed by atoms with E-state index in [2.05, 4.69) is 15.5 Å².